The summed E-state index contributed by atoms with van der Waals surface area (Å²) in [4.78, 5) is 38.0. The fraction of sp³-hybridized carbons (Fsp3) is 0.814. The van der Waals surface area contributed by atoms with Crippen molar-refractivity contribution in [1.82, 2.24) is 0 Å². The lowest BCUT2D eigenvalue weighted by Gasteiger charge is -2.18. The molecule has 0 saturated carbocycles. The van der Waals surface area contributed by atoms with Gasteiger partial charge in [-0.3, -0.25) is 14.4 Å². The van der Waals surface area contributed by atoms with Crippen LogP contribution in [-0.4, -0.2) is 37.2 Å². The Hall–Kier alpha value is -2.63. The molecule has 0 aromatic carbocycles. The largest absolute Gasteiger partial charge is 0.462 e. The van der Waals surface area contributed by atoms with E-state index >= 15 is 0 Å². The number of carbonyl (C=O) groups is 3. The van der Waals surface area contributed by atoms with Crippen LogP contribution in [0, 0.1) is 0 Å². The van der Waals surface area contributed by atoms with Gasteiger partial charge in [0.2, 0.25) is 0 Å². The molecule has 0 heterocycles. The van der Waals surface area contributed by atoms with Crippen molar-refractivity contribution in [3.63, 3.8) is 0 Å². The second-order valence-corrected chi connectivity index (χ2v) is 18.8. The van der Waals surface area contributed by atoms with E-state index in [1.165, 1.54) is 161 Å². The fourth-order valence-corrected chi connectivity index (χ4v) is 8.03. The molecule has 0 aliphatic carbocycles. The van der Waals surface area contributed by atoms with Gasteiger partial charge in [0.1, 0.15) is 13.2 Å². The van der Waals surface area contributed by atoms with E-state index in [1.807, 2.05) is 0 Å². The van der Waals surface area contributed by atoms with Crippen molar-refractivity contribution in [2.45, 2.75) is 297 Å². The molecule has 0 radical (unpaired) electrons. The Kier molecular flexibility index (Phi) is 51.8. The van der Waals surface area contributed by atoms with E-state index in [9.17, 15) is 14.4 Å². The van der Waals surface area contributed by atoms with Gasteiger partial charge in [0.15, 0.2) is 6.10 Å². The number of hydrogen-bond donors (Lipinski definition) is 0. The van der Waals surface area contributed by atoms with Gasteiger partial charge in [-0.05, 0) is 83.5 Å². The number of carbonyl (C=O) groups excluding carboxylic acids is 3. The predicted molar refractivity (Wildman–Crippen MR) is 279 cm³/mol. The van der Waals surface area contributed by atoms with E-state index in [2.05, 4.69) is 69.4 Å². The number of rotatable bonds is 51. The van der Waals surface area contributed by atoms with Gasteiger partial charge in [-0.25, -0.2) is 0 Å². The number of allylic oxidation sites excluding steroid dienone is 8. The highest BCUT2D eigenvalue weighted by molar-refractivity contribution is 5.71. The highest BCUT2D eigenvalue weighted by Crippen LogP contribution is 2.15. The Labute approximate surface area is 403 Å². The third kappa shape index (κ3) is 52.2. The van der Waals surface area contributed by atoms with Gasteiger partial charge in [-0.2, -0.15) is 0 Å². The zero-order chi connectivity index (χ0) is 47.2. The van der Waals surface area contributed by atoms with Crippen LogP contribution in [0.5, 0.6) is 0 Å². The van der Waals surface area contributed by atoms with E-state index in [1.54, 1.807) is 0 Å². The van der Waals surface area contributed by atoms with Crippen LogP contribution in [0.4, 0.5) is 0 Å². The molecule has 0 spiro atoms. The number of esters is 3. The number of hydrogen-bond acceptors (Lipinski definition) is 6. The Morgan fingerprint density at radius 2 is 0.554 bits per heavy atom. The molecular formula is C59H106O6. The Balaban J connectivity index is 4.28. The van der Waals surface area contributed by atoms with Gasteiger partial charge in [0.05, 0.1) is 0 Å². The first-order chi connectivity index (χ1) is 32.0. The summed E-state index contributed by atoms with van der Waals surface area (Å²) in [6.45, 7) is 6.61. The van der Waals surface area contributed by atoms with Crippen LogP contribution < -0.4 is 0 Å². The zero-order valence-corrected chi connectivity index (χ0v) is 43.3. The van der Waals surface area contributed by atoms with E-state index in [-0.39, 0.29) is 31.1 Å². The van der Waals surface area contributed by atoms with Gasteiger partial charge < -0.3 is 14.2 Å². The molecule has 0 aromatic rings. The van der Waals surface area contributed by atoms with E-state index in [0.717, 1.165) is 89.9 Å². The van der Waals surface area contributed by atoms with Crippen molar-refractivity contribution in [3.05, 3.63) is 48.6 Å². The molecule has 0 aromatic heterocycles. The SMILES string of the molecule is CCCCCC/C=C\CCCCCCCC(=O)OC(COC(=O)CCCCCCCCCC/C=C\C/C=C\C/C=C\CCCCCCC)COC(=O)CCCCCCCCCCCCC. The highest BCUT2D eigenvalue weighted by Gasteiger charge is 2.19. The molecule has 0 fully saturated rings. The minimum Gasteiger partial charge on any atom is -0.462 e. The van der Waals surface area contributed by atoms with Crippen molar-refractivity contribution in [2.75, 3.05) is 13.2 Å². The summed E-state index contributed by atoms with van der Waals surface area (Å²) in [7, 11) is 0. The van der Waals surface area contributed by atoms with Crippen LogP contribution >= 0.6 is 0 Å². The first-order valence-electron chi connectivity index (χ1n) is 28.1. The minimum absolute atomic E-state index is 0.0763. The van der Waals surface area contributed by atoms with Crippen molar-refractivity contribution in [1.29, 1.82) is 0 Å². The maximum absolute atomic E-state index is 12.8. The van der Waals surface area contributed by atoms with Crippen LogP contribution in [0.3, 0.4) is 0 Å². The quantitative estimate of drug-likeness (QED) is 0.0262. The van der Waals surface area contributed by atoms with Crippen molar-refractivity contribution < 1.29 is 28.6 Å². The number of unbranched alkanes of at least 4 members (excludes halogenated alkanes) is 32. The van der Waals surface area contributed by atoms with E-state index in [0.29, 0.717) is 19.3 Å². The van der Waals surface area contributed by atoms with Gasteiger partial charge in [-0.15, -0.1) is 0 Å². The van der Waals surface area contributed by atoms with Crippen LogP contribution in [0.15, 0.2) is 48.6 Å². The van der Waals surface area contributed by atoms with Crippen molar-refractivity contribution >= 4 is 17.9 Å². The van der Waals surface area contributed by atoms with Crippen LogP contribution in [0.2, 0.25) is 0 Å². The van der Waals surface area contributed by atoms with Crippen molar-refractivity contribution in [3.8, 4) is 0 Å². The molecule has 0 rings (SSSR count). The van der Waals surface area contributed by atoms with Crippen LogP contribution in [0.25, 0.3) is 0 Å². The molecule has 378 valence electrons. The second kappa shape index (κ2) is 54.0. The van der Waals surface area contributed by atoms with E-state index < -0.39 is 6.10 Å². The minimum atomic E-state index is -0.777. The normalized spacial score (nSPS) is 12.4. The average molecular weight is 911 g/mol. The molecule has 0 N–H and O–H groups in total. The lowest BCUT2D eigenvalue weighted by molar-refractivity contribution is -0.167. The molecule has 1 unspecified atom stereocenters. The third-order valence-corrected chi connectivity index (χ3v) is 12.3. The van der Waals surface area contributed by atoms with Crippen LogP contribution in [-0.2, 0) is 28.6 Å². The van der Waals surface area contributed by atoms with Gasteiger partial charge in [-0.1, -0.05) is 236 Å². The highest BCUT2D eigenvalue weighted by atomic mass is 16.6. The second-order valence-electron chi connectivity index (χ2n) is 18.8. The molecule has 0 saturated heterocycles. The third-order valence-electron chi connectivity index (χ3n) is 12.3. The number of ether oxygens (including phenoxy) is 3. The summed E-state index contributed by atoms with van der Waals surface area (Å²) >= 11 is 0. The fourth-order valence-electron chi connectivity index (χ4n) is 8.03. The summed E-state index contributed by atoms with van der Waals surface area (Å²) in [5, 5.41) is 0. The Bertz CT molecular complexity index is 1140. The summed E-state index contributed by atoms with van der Waals surface area (Å²) < 4.78 is 16.8. The summed E-state index contributed by atoms with van der Waals surface area (Å²) in [5.74, 6) is -0.883. The summed E-state index contributed by atoms with van der Waals surface area (Å²) in [6, 6.07) is 0. The zero-order valence-electron chi connectivity index (χ0n) is 43.3. The molecule has 1 atom stereocenters. The maximum atomic E-state index is 12.8. The van der Waals surface area contributed by atoms with Crippen LogP contribution in [0.1, 0.15) is 290 Å². The molecule has 0 amide bonds. The first-order valence-corrected chi connectivity index (χ1v) is 28.1. The molecule has 6 nitrogen and oxygen atoms in total. The molecule has 0 aliphatic rings. The molecular weight excluding hydrogens is 805 g/mol. The molecule has 0 aliphatic heterocycles. The lowest BCUT2D eigenvalue weighted by atomic mass is 10.1. The first kappa shape index (κ1) is 62.4. The average Bonchev–Trinajstić information content (AvgIpc) is 3.30. The van der Waals surface area contributed by atoms with Gasteiger partial charge in [0, 0.05) is 19.3 Å². The van der Waals surface area contributed by atoms with Gasteiger partial charge in [0.25, 0.3) is 0 Å². The molecule has 65 heavy (non-hydrogen) atoms. The molecule has 6 heteroatoms. The smallest absolute Gasteiger partial charge is 0.306 e. The maximum Gasteiger partial charge on any atom is 0.306 e. The topological polar surface area (TPSA) is 78.9 Å². The lowest BCUT2D eigenvalue weighted by Crippen LogP contribution is -2.30. The molecule has 0 bridgehead atoms. The van der Waals surface area contributed by atoms with Crippen molar-refractivity contribution in [2.24, 2.45) is 0 Å². The predicted octanol–water partition coefficient (Wildman–Crippen LogP) is 18.7. The van der Waals surface area contributed by atoms with E-state index in [4.69, 9.17) is 14.2 Å². The standard InChI is InChI=1S/C59H106O6/c1-4-7-10-13-16-19-22-24-25-26-27-28-29-30-31-32-33-35-37-40-43-46-49-52-58(61)64-55-56(54-63-57(60)51-48-45-42-39-36-21-18-15-12-9-6-3)65-59(62)53-50-47-44-41-38-34-23-20-17-14-11-8-5-2/h20,22-24,26-27,29-30,56H,4-19,21,25,28,31-55H2,1-3H3/b23-20-,24-22-,27-26-,30-29-. The summed E-state index contributed by atoms with van der Waals surface area (Å²) in [5.41, 5.74) is 0. The Morgan fingerprint density at radius 3 is 0.892 bits per heavy atom. The summed E-state index contributed by atoms with van der Waals surface area (Å²) in [6.07, 6.45) is 65.3. The Morgan fingerprint density at radius 1 is 0.308 bits per heavy atom. The van der Waals surface area contributed by atoms with Gasteiger partial charge >= 0.3 is 17.9 Å². The monoisotopic (exact) mass is 911 g/mol.